The highest BCUT2D eigenvalue weighted by Gasteiger charge is 2.24. The first-order valence-electron chi connectivity index (χ1n) is 8.05. The van der Waals surface area contributed by atoms with Gasteiger partial charge in [0.1, 0.15) is 0 Å². The van der Waals surface area contributed by atoms with Crippen molar-refractivity contribution in [2.75, 3.05) is 32.8 Å². The maximum Gasteiger partial charge on any atom is 0.220 e. The van der Waals surface area contributed by atoms with E-state index in [0.717, 1.165) is 49.7 Å². The lowest BCUT2D eigenvalue weighted by atomic mass is 10.0. The van der Waals surface area contributed by atoms with Gasteiger partial charge in [-0.15, -0.1) is 0 Å². The van der Waals surface area contributed by atoms with Crippen LogP contribution >= 0.6 is 11.6 Å². The molecule has 4 nitrogen and oxygen atoms in total. The normalized spacial score (nSPS) is 17.2. The number of hydrogen-bond acceptors (Lipinski definition) is 3. The number of nitrogens with one attached hydrogen (secondary N) is 1. The molecule has 1 unspecified atom stereocenters. The van der Waals surface area contributed by atoms with Crippen molar-refractivity contribution in [2.24, 2.45) is 0 Å². The molecule has 0 bridgehead atoms. The van der Waals surface area contributed by atoms with Crippen molar-refractivity contribution in [1.29, 1.82) is 0 Å². The molecule has 1 amide bonds. The van der Waals surface area contributed by atoms with Crippen LogP contribution in [0.5, 0.6) is 0 Å². The second-order valence-electron chi connectivity index (χ2n) is 5.59. The second kappa shape index (κ2) is 9.13. The quantitative estimate of drug-likeness (QED) is 0.838. The van der Waals surface area contributed by atoms with Crippen molar-refractivity contribution in [3.8, 4) is 0 Å². The summed E-state index contributed by atoms with van der Waals surface area (Å²) in [6, 6.07) is 7.97. The third-order valence-electron chi connectivity index (χ3n) is 4.00. The molecule has 1 N–H and O–H groups in total. The van der Waals surface area contributed by atoms with Crippen LogP contribution in [0.3, 0.4) is 0 Å². The number of amides is 1. The van der Waals surface area contributed by atoms with E-state index in [4.69, 9.17) is 16.3 Å². The topological polar surface area (TPSA) is 41.6 Å². The summed E-state index contributed by atoms with van der Waals surface area (Å²) in [4.78, 5) is 14.3. The fraction of sp³-hybridized carbons (Fsp3) is 0.588. The molecule has 0 spiro atoms. The third-order valence-corrected chi connectivity index (χ3v) is 4.34. The van der Waals surface area contributed by atoms with Crippen LogP contribution in [-0.2, 0) is 9.53 Å². The average molecular weight is 325 g/mol. The standard InChI is InChI=1S/C17H25ClN2O2/c1-2-3-8-17(21)19-13-16(20-9-11-22-12-10-20)14-6-4-5-7-15(14)18/h4-7,16H,2-3,8-13H2,1H3,(H,19,21). The number of unbranched alkanes of at least 4 members (excludes halogenated alkanes) is 1. The highest BCUT2D eigenvalue weighted by molar-refractivity contribution is 6.31. The molecule has 1 saturated heterocycles. The molecule has 1 heterocycles. The van der Waals surface area contributed by atoms with E-state index < -0.39 is 0 Å². The lowest BCUT2D eigenvalue weighted by Crippen LogP contribution is -2.43. The molecule has 1 aromatic carbocycles. The largest absolute Gasteiger partial charge is 0.379 e. The summed E-state index contributed by atoms with van der Waals surface area (Å²) in [6.45, 7) is 5.86. The number of rotatable bonds is 7. The minimum atomic E-state index is 0.100. The number of carbonyl (C=O) groups excluding carboxylic acids is 1. The first-order chi connectivity index (χ1) is 10.7. The van der Waals surface area contributed by atoms with E-state index in [0.29, 0.717) is 13.0 Å². The first-order valence-corrected chi connectivity index (χ1v) is 8.43. The zero-order chi connectivity index (χ0) is 15.8. The van der Waals surface area contributed by atoms with Crippen molar-refractivity contribution < 1.29 is 9.53 Å². The van der Waals surface area contributed by atoms with Crippen LogP contribution in [0.15, 0.2) is 24.3 Å². The summed E-state index contributed by atoms with van der Waals surface area (Å²) < 4.78 is 5.43. The third kappa shape index (κ3) is 4.97. The van der Waals surface area contributed by atoms with Gasteiger partial charge in [0.2, 0.25) is 5.91 Å². The van der Waals surface area contributed by atoms with Crippen LogP contribution < -0.4 is 5.32 Å². The van der Waals surface area contributed by atoms with Crippen LogP contribution in [-0.4, -0.2) is 43.7 Å². The summed E-state index contributed by atoms with van der Waals surface area (Å²) in [7, 11) is 0. The van der Waals surface area contributed by atoms with E-state index in [9.17, 15) is 4.79 Å². The van der Waals surface area contributed by atoms with Gasteiger partial charge < -0.3 is 10.1 Å². The van der Waals surface area contributed by atoms with Crippen LogP contribution in [0.2, 0.25) is 5.02 Å². The van der Waals surface area contributed by atoms with E-state index >= 15 is 0 Å². The van der Waals surface area contributed by atoms with Crippen molar-refractivity contribution >= 4 is 17.5 Å². The highest BCUT2D eigenvalue weighted by Crippen LogP contribution is 2.27. The molecule has 1 aliphatic heterocycles. The van der Waals surface area contributed by atoms with E-state index in [2.05, 4.69) is 17.1 Å². The predicted molar refractivity (Wildman–Crippen MR) is 89.1 cm³/mol. The molecule has 0 aliphatic carbocycles. The van der Waals surface area contributed by atoms with Crippen molar-refractivity contribution in [1.82, 2.24) is 10.2 Å². The van der Waals surface area contributed by atoms with Crippen LogP contribution in [0.25, 0.3) is 0 Å². The Morgan fingerprint density at radius 1 is 1.36 bits per heavy atom. The van der Waals surface area contributed by atoms with Gasteiger partial charge in [0.05, 0.1) is 19.3 Å². The van der Waals surface area contributed by atoms with Gasteiger partial charge in [0.15, 0.2) is 0 Å². The summed E-state index contributed by atoms with van der Waals surface area (Å²) in [5, 5.41) is 3.81. The molecule has 0 aromatic heterocycles. The van der Waals surface area contributed by atoms with Gasteiger partial charge in [-0.3, -0.25) is 9.69 Å². The van der Waals surface area contributed by atoms with Crippen molar-refractivity contribution in [2.45, 2.75) is 32.2 Å². The van der Waals surface area contributed by atoms with E-state index in [-0.39, 0.29) is 11.9 Å². The maximum atomic E-state index is 11.9. The zero-order valence-corrected chi connectivity index (χ0v) is 13.9. The van der Waals surface area contributed by atoms with Gasteiger partial charge in [-0.05, 0) is 18.1 Å². The molecular formula is C17H25ClN2O2. The molecule has 22 heavy (non-hydrogen) atoms. The Kier molecular flexibility index (Phi) is 7.16. The fourth-order valence-corrected chi connectivity index (χ4v) is 2.97. The number of ether oxygens (including phenoxy) is 1. The predicted octanol–water partition coefficient (Wildman–Crippen LogP) is 3.02. The summed E-state index contributed by atoms with van der Waals surface area (Å²) in [5.74, 6) is 0.118. The van der Waals surface area contributed by atoms with Gasteiger partial charge in [-0.2, -0.15) is 0 Å². The lowest BCUT2D eigenvalue weighted by Gasteiger charge is -2.35. The Morgan fingerprint density at radius 3 is 2.77 bits per heavy atom. The van der Waals surface area contributed by atoms with Gasteiger partial charge in [0.25, 0.3) is 0 Å². The number of halogens is 1. The average Bonchev–Trinajstić information content (AvgIpc) is 2.55. The number of nitrogens with zero attached hydrogens (tertiary/aromatic N) is 1. The van der Waals surface area contributed by atoms with E-state index in [1.54, 1.807) is 0 Å². The summed E-state index contributed by atoms with van der Waals surface area (Å²) >= 11 is 6.37. The monoisotopic (exact) mass is 324 g/mol. The molecule has 0 saturated carbocycles. The molecule has 1 aromatic rings. The van der Waals surface area contributed by atoms with Crippen LogP contribution in [0, 0.1) is 0 Å². The molecule has 2 rings (SSSR count). The molecule has 122 valence electrons. The summed E-state index contributed by atoms with van der Waals surface area (Å²) in [6.07, 6.45) is 2.56. The molecule has 1 atom stereocenters. The van der Waals surface area contributed by atoms with Gasteiger partial charge in [0, 0.05) is 31.1 Å². The minimum absolute atomic E-state index is 0.100. The molecule has 5 heteroatoms. The van der Waals surface area contributed by atoms with Gasteiger partial charge >= 0.3 is 0 Å². The van der Waals surface area contributed by atoms with Crippen molar-refractivity contribution in [3.63, 3.8) is 0 Å². The Balaban J connectivity index is 2.05. The molecule has 0 radical (unpaired) electrons. The van der Waals surface area contributed by atoms with E-state index in [1.807, 2.05) is 24.3 Å². The number of benzene rings is 1. The highest BCUT2D eigenvalue weighted by atomic mass is 35.5. The Hall–Kier alpha value is -1.10. The second-order valence-corrected chi connectivity index (χ2v) is 6.00. The maximum absolute atomic E-state index is 11.9. The van der Waals surface area contributed by atoms with Crippen LogP contribution in [0.1, 0.15) is 37.8 Å². The minimum Gasteiger partial charge on any atom is -0.379 e. The molecular weight excluding hydrogens is 300 g/mol. The van der Waals surface area contributed by atoms with Gasteiger partial charge in [-0.1, -0.05) is 43.1 Å². The summed E-state index contributed by atoms with van der Waals surface area (Å²) in [5.41, 5.74) is 1.07. The Labute approximate surface area is 137 Å². The fourth-order valence-electron chi connectivity index (χ4n) is 2.71. The van der Waals surface area contributed by atoms with Crippen LogP contribution in [0.4, 0.5) is 0 Å². The van der Waals surface area contributed by atoms with E-state index in [1.165, 1.54) is 0 Å². The van der Waals surface area contributed by atoms with Gasteiger partial charge in [-0.25, -0.2) is 0 Å². The number of morpholine rings is 1. The van der Waals surface area contributed by atoms with Crippen molar-refractivity contribution in [3.05, 3.63) is 34.9 Å². The number of carbonyl (C=O) groups is 1. The lowest BCUT2D eigenvalue weighted by molar-refractivity contribution is -0.121. The molecule has 1 fully saturated rings. The molecule has 1 aliphatic rings. The Bertz CT molecular complexity index is 475. The number of hydrogen-bond donors (Lipinski definition) is 1. The zero-order valence-electron chi connectivity index (χ0n) is 13.2. The smallest absolute Gasteiger partial charge is 0.220 e. The first kappa shape index (κ1) is 17.3. The Morgan fingerprint density at radius 2 is 2.09 bits per heavy atom. The SMILES string of the molecule is CCCCC(=O)NCC(c1ccccc1Cl)N1CCOCC1.